The monoisotopic (exact) mass is 311 g/mol. The summed E-state index contributed by atoms with van der Waals surface area (Å²) in [7, 11) is 1.71. The van der Waals surface area contributed by atoms with E-state index in [4.69, 9.17) is 4.74 Å². The number of morpholine rings is 1. The van der Waals surface area contributed by atoms with Crippen molar-refractivity contribution >= 4 is 5.96 Å². The quantitative estimate of drug-likeness (QED) is 0.527. The molecule has 0 aromatic heterocycles. The van der Waals surface area contributed by atoms with Crippen LogP contribution in [-0.2, 0) is 4.74 Å². The van der Waals surface area contributed by atoms with Crippen LogP contribution in [0.4, 0.5) is 8.78 Å². The van der Waals surface area contributed by atoms with Crippen LogP contribution in [0.15, 0.2) is 29.3 Å². The van der Waals surface area contributed by atoms with Gasteiger partial charge in [0.1, 0.15) is 11.9 Å². The first-order chi connectivity index (χ1) is 10.6. The van der Waals surface area contributed by atoms with Crippen LogP contribution >= 0.6 is 0 Å². The Morgan fingerprint density at radius 3 is 2.73 bits per heavy atom. The molecule has 1 aliphatic heterocycles. The predicted molar refractivity (Wildman–Crippen MR) is 83.2 cm³/mol. The lowest BCUT2D eigenvalue weighted by Crippen LogP contribution is -2.50. The lowest BCUT2D eigenvalue weighted by atomic mass is 10.1. The summed E-state index contributed by atoms with van der Waals surface area (Å²) in [5.74, 6) is 0.490. The molecule has 1 aromatic rings. The second-order valence-electron chi connectivity index (χ2n) is 5.41. The summed E-state index contributed by atoms with van der Waals surface area (Å²) < 4.78 is 31.2. The molecule has 0 spiro atoms. The van der Waals surface area contributed by atoms with E-state index in [1.54, 1.807) is 19.2 Å². The molecule has 4 nitrogen and oxygen atoms in total. The maximum absolute atomic E-state index is 13.1. The van der Waals surface area contributed by atoms with Crippen LogP contribution in [-0.4, -0.2) is 50.3 Å². The van der Waals surface area contributed by atoms with E-state index in [0.717, 1.165) is 11.5 Å². The van der Waals surface area contributed by atoms with E-state index in [1.165, 1.54) is 12.1 Å². The van der Waals surface area contributed by atoms with Crippen LogP contribution in [0.5, 0.6) is 0 Å². The Morgan fingerprint density at radius 2 is 2.09 bits per heavy atom. The number of hydrogen-bond donors (Lipinski definition) is 1. The zero-order valence-electron chi connectivity index (χ0n) is 13.1. The first-order valence-corrected chi connectivity index (χ1v) is 7.56. The number of nitrogens with zero attached hydrogens (tertiary/aromatic N) is 2. The van der Waals surface area contributed by atoms with Crippen molar-refractivity contribution in [2.24, 2.45) is 4.99 Å². The molecule has 1 heterocycles. The Kier molecular flexibility index (Phi) is 6.12. The van der Waals surface area contributed by atoms with Gasteiger partial charge in [0.25, 0.3) is 0 Å². The molecule has 0 saturated carbocycles. The van der Waals surface area contributed by atoms with E-state index in [-0.39, 0.29) is 24.7 Å². The molecule has 2 atom stereocenters. The summed E-state index contributed by atoms with van der Waals surface area (Å²) in [6, 6.07) is 6.37. The van der Waals surface area contributed by atoms with Crippen LogP contribution in [0.25, 0.3) is 0 Å². The van der Waals surface area contributed by atoms with Gasteiger partial charge in [-0.15, -0.1) is 0 Å². The highest BCUT2D eigenvalue weighted by Gasteiger charge is 2.28. The summed E-state index contributed by atoms with van der Waals surface area (Å²) in [6.07, 6.45) is 0.355. The fourth-order valence-corrected chi connectivity index (χ4v) is 2.59. The van der Waals surface area contributed by atoms with Gasteiger partial charge in [0.15, 0.2) is 5.96 Å². The fourth-order valence-electron chi connectivity index (χ4n) is 2.59. The van der Waals surface area contributed by atoms with Gasteiger partial charge in [-0.2, -0.15) is 0 Å². The summed E-state index contributed by atoms with van der Waals surface area (Å²) in [5.41, 5.74) is 0.942. The van der Waals surface area contributed by atoms with Crippen molar-refractivity contribution in [3.05, 3.63) is 35.6 Å². The molecule has 1 saturated heterocycles. The molecule has 0 radical (unpaired) electrons. The highest BCUT2D eigenvalue weighted by Crippen LogP contribution is 2.25. The first kappa shape index (κ1) is 16.7. The summed E-state index contributed by atoms with van der Waals surface area (Å²) in [4.78, 5) is 6.35. The second kappa shape index (κ2) is 8.08. The minimum atomic E-state index is -0.346. The third kappa shape index (κ3) is 4.40. The van der Waals surface area contributed by atoms with Crippen molar-refractivity contribution in [3.63, 3.8) is 0 Å². The van der Waals surface area contributed by atoms with E-state index in [9.17, 15) is 8.78 Å². The van der Waals surface area contributed by atoms with Crippen molar-refractivity contribution in [3.8, 4) is 0 Å². The molecule has 1 aliphatic rings. The number of alkyl halides is 1. The molecule has 0 bridgehead atoms. The molecule has 2 unspecified atom stereocenters. The topological polar surface area (TPSA) is 36.9 Å². The Hall–Kier alpha value is -1.69. The largest absolute Gasteiger partial charge is 0.367 e. The second-order valence-corrected chi connectivity index (χ2v) is 5.41. The standard InChI is InChI=1S/C16H23F2N3O/c1-12-10-21(16(19-2)20-9-3-8-17)11-15(22-12)13-4-6-14(18)7-5-13/h4-7,12,15H,3,8-11H2,1-2H3,(H,19,20). The van der Waals surface area contributed by atoms with Crippen molar-refractivity contribution < 1.29 is 13.5 Å². The molecule has 122 valence electrons. The van der Waals surface area contributed by atoms with Crippen molar-refractivity contribution in [2.45, 2.75) is 25.6 Å². The van der Waals surface area contributed by atoms with Crippen molar-refractivity contribution in [1.82, 2.24) is 10.2 Å². The number of hydrogen-bond acceptors (Lipinski definition) is 2. The van der Waals surface area contributed by atoms with E-state index in [0.29, 0.717) is 26.1 Å². The SMILES string of the molecule is CN=C(NCCCF)N1CC(C)OC(c2ccc(F)cc2)C1. The van der Waals surface area contributed by atoms with E-state index in [1.807, 2.05) is 6.92 Å². The zero-order valence-corrected chi connectivity index (χ0v) is 13.1. The number of benzene rings is 1. The van der Waals surface area contributed by atoms with Gasteiger partial charge in [0.2, 0.25) is 0 Å². The Balaban J connectivity index is 2.05. The molecule has 1 fully saturated rings. The maximum atomic E-state index is 13.1. The smallest absolute Gasteiger partial charge is 0.193 e. The number of nitrogens with one attached hydrogen (secondary N) is 1. The van der Waals surface area contributed by atoms with E-state index >= 15 is 0 Å². The zero-order chi connectivity index (χ0) is 15.9. The van der Waals surface area contributed by atoms with Crippen molar-refractivity contribution in [1.29, 1.82) is 0 Å². The molecule has 0 aliphatic carbocycles. The van der Waals surface area contributed by atoms with Crippen LogP contribution in [0.2, 0.25) is 0 Å². The molecule has 22 heavy (non-hydrogen) atoms. The van der Waals surface area contributed by atoms with Gasteiger partial charge in [0.05, 0.1) is 19.3 Å². The number of ether oxygens (including phenoxy) is 1. The number of halogens is 2. The van der Waals surface area contributed by atoms with E-state index in [2.05, 4.69) is 15.2 Å². The highest BCUT2D eigenvalue weighted by molar-refractivity contribution is 5.80. The molecule has 6 heteroatoms. The normalized spacial score (nSPS) is 22.7. The van der Waals surface area contributed by atoms with Gasteiger partial charge < -0.3 is 15.0 Å². The third-order valence-electron chi connectivity index (χ3n) is 3.61. The summed E-state index contributed by atoms with van der Waals surface area (Å²) >= 11 is 0. The van der Waals surface area contributed by atoms with Gasteiger partial charge in [0, 0.05) is 20.1 Å². The predicted octanol–water partition coefficient (Wildman–Crippen LogP) is 2.52. The minimum Gasteiger partial charge on any atom is -0.367 e. The van der Waals surface area contributed by atoms with Gasteiger partial charge >= 0.3 is 0 Å². The summed E-state index contributed by atoms with van der Waals surface area (Å²) in [6.45, 7) is 3.55. The van der Waals surface area contributed by atoms with Gasteiger partial charge in [-0.1, -0.05) is 12.1 Å². The Bertz CT molecular complexity index is 493. The number of aliphatic imine (C=N–C) groups is 1. The highest BCUT2D eigenvalue weighted by atomic mass is 19.1. The van der Waals surface area contributed by atoms with Crippen LogP contribution in [0.1, 0.15) is 25.0 Å². The number of rotatable bonds is 4. The molecule has 0 amide bonds. The fraction of sp³-hybridized carbons (Fsp3) is 0.562. The maximum Gasteiger partial charge on any atom is 0.193 e. The first-order valence-electron chi connectivity index (χ1n) is 7.56. The van der Waals surface area contributed by atoms with Crippen molar-refractivity contribution in [2.75, 3.05) is 33.4 Å². The van der Waals surface area contributed by atoms with Crippen LogP contribution in [0, 0.1) is 5.82 Å². The average molecular weight is 311 g/mol. The molecule has 2 rings (SSSR count). The van der Waals surface area contributed by atoms with Crippen LogP contribution in [0.3, 0.4) is 0 Å². The average Bonchev–Trinajstić information content (AvgIpc) is 2.52. The van der Waals surface area contributed by atoms with Gasteiger partial charge in [-0.25, -0.2) is 4.39 Å². The Labute approximate surface area is 130 Å². The molecule has 1 aromatic carbocycles. The molecular formula is C16H23F2N3O. The van der Waals surface area contributed by atoms with Gasteiger partial charge in [-0.05, 0) is 31.0 Å². The summed E-state index contributed by atoms with van der Waals surface area (Å²) in [5, 5.41) is 3.16. The lowest BCUT2D eigenvalue weighted by molar-refractivity contribution is -0.0605. The number of guanidine groups is 1. The molecular weight excluding hydrogens is 288 g/mol. The van der Waals surface area contributed by atoms with Crippen LogP contribution < -0.4 is 5.32 Å². The van der Waals surface area contributed by atoms with E-state index < -0.39 is 0 Å². The van der Waals surface area contributed by atoms with Gasteiger partial charge in [-0.3, -0.25) is 9.38 Å². The molecule has 1 N–H and O–H groups in total. The lowest BCUT2D eigenvalue weighted by Gasteiger charge is -2.38. The third-order valence-corrected chi connectivity index (χ3v) is 3.61. The minimum absolute atomic E-state index is 0.0310. The Morgan fingerprint density at radius 1 is 1.36 bits per heavy atom.